The lowest BCUT2D eigenvalue weighted by molar-refractivity contribution is -0.137. The van der Waals surface area contributed by atoms with Gasteiger partial charge in [0.25, 0.3) is 0 Å². The van der Waals surface area contributed by atoms with Gasteiger partial charge in [0.1, 0.15) is 5.75 Å². The molecular formula is C13H17F3N2O. The molecule has 0 aliphatic carbocycles. The number of ether oxygens (including phenoxy) is 1. The zero-order valence-electron chi connectivity index (χ0n) is 10.8. The molecule has 1 saturated heterocycles. The minimum atomic E-state index is -4.39. The van der Waals surface area contributed by atoms with Crippen LogP contribution in [-0.4, -0.2) is 25.1 Å². The number of benzene rings is 1. The summed E-state index contributed by atoms with van der Waals surface area (Å²) in [5.41, 5.74) is 5.47. The molecule has 0 saturated carbocycles. The molecule has 1 aliphatic heterocycles. The van der Waals surface area contributed by atoms with Gasteiger partial charge in [-0.2, -0.15) is 13.2 Å². The Labute approximate surface area is 110 Å². The van der Waals surface area contributed by atoms with Gasteiger partial charge < -0.3 is 10.5 Å². The molecule has 0 unspecified atom stereocenters. The monoisotopic (exact) mass is 274 g/mol. The topological polar surface area (TPSA) is 38.5 Å². The molecule has 1 fully saturated rings. The summed E-state index contributed by atoms with van der Waals surface area (Å²) in [4.78, 5) is 2.11. The van der Waals surface area contributed by atoms with E-state index in [0.29, 0.717) is 17.9 Å². The fraction of sp³-hybridized carbons (Fsp3) is 0.538. The van der Waals surface area contributed by atoms with E-state index in [4.69, 9.17) is 10.5 Å². The van der Waals surface area contributed by atoms with E-state index in [0.717, 1.165) is 38.1 Å². The molecule has 2 rings (SSSR count). The van der Waals surface area contributed by atoms with Crippen LogP contribution in [0.5, 0.6) is 5.75 Å². The highest BCUT2D eigenvalue weighted by atomic mass is 19.4. The second-order valence-electron chi connectivity index (χ2n) is 4.74. The molecule has 106 valence electrons. The maximum atomic E-state index is 12.8. The van der Waals surface area contributed by atoms with Gasteiger partial charge in [0.2, 0.25) is 0 Å². The van der Waals surface area contributed by atoms with Gasteiger partial charge in [0.15, 0.2) is 0 Å². The van der Waals surface area contributed by atoms with Crippen LogP contribution in [0.4, 0.5) is 18.9 Å². The van der Waals surface area contributed by atoms with Crippen molar-refractivity contribution in [2.24, 2.45) is 0 Å². The van der Waals surface area contributed by atoms with E-state index in [1.54, 1.807) is 0 Å². The highest BCUT2D eigenvalue weighted by Crippen LogP contribution is 2.37. The molecule has 1 aromatic rings. The molecule has 1 aliphatic rings. The van der Waals surface area contributed by atoms with Gasteiger partial charge in [-0.3, -0.25) is 4.90 Å². The minimum absolute atomic E-state index is 0.0338. The van der Waals surface area contributed by atoms with Gasteiger partial charge in [-0.05, 0) is 38.1 Å². The molecular weight excluding hydrogens is 257 g/mol. The van der Waals surface area contributed by atoms with Crippen LogP contribution in [0, 0.1) is 0 Å². The highest BCUT2D eigenvalue weighted by molar-refractivity contribution is 5.59. The number of hydrogen-bond donors (Lipinski definition) is 1. The molecule has 6 heteroatoms. The van der Waals surface area contributed by atoms with Gasteiger partial charge in [0.05, 0.1) is 18.4 Å². The Morgan fingerprint density at radius 1 is 1.26 bits per heavy atom. The fourth-order valence-corrected chi connectivity index (χ4v) is 2.43. The number of methoxy groups -OCH3 is 1. The molecule has 0 atom stereocenters. The maximum absolute atomic E-state index is 12.8. The summed E-state index contributed by atoms with van der Waals surface area (Å²) < 4.78 is 43.5. The van der Waals surface area contributed by atoms with Gasteiger partial charge in [0, 0.05) is 12.1 Å². The van der Waals surface area contributed by atoms with Crippen LogP contribution in [0.3, 0.4) is 0 Å². The molecule has 19 heavy (non-hydrogen) atoms. The van der Waals surface area contributed by atoms with Crippen molar-refractivity contribution in [1.82, 2.24) is 4.90 Å². The Kier molecular flexibility index (Phi) is 3.89. The highest BCUT2D eigenvalue weighted by Gasteiger charge is 2.32. The summed E-state index contributed by atoms with van der Waals surface area (Å²) >= 11 is 0. The van der Waals surface area contributed by atoms with E-state index in [-0.39, 0.29) is 5.69 Å². The second-order valence-corrected chi connectivity index (χ2v) is 4.74. The van der Waals surface area contributed by atoms with Crippen molar-refractivity contribution in [1.29, 1.82) is 0 Å². The fourth-order valence-electron chi connectivity index (χ4n) is 2.43. The lowest BCUT2D eigenvalue weighted by Gasteiger charge is -2.19. The summed E-state index contributed by atoms with van der Waals surface area (Å²) in [5, 5.41) is 0. The first-order chi connectivity index (χ1) is 8.91. The second kappa shape index (κ2) is 5.28. The third kappa shape index (κ3) is 3.12. The molecule has 3 nitrogen and oxygen atoms in total. The smallest absolute Gasteiger partial charge is 0.416 e. The Balaban J connectivity index is 2.35. The number of nitrogens with zero attached hydrogens (tertiary/aromatic N) is 1. The quantitative estimate of drug-likeness (QED) is 0.861. The van der Waals surface area contributed by atoms with E-state index in [9.17, 15) is 13.2 Å². The molecule has 0 aromatic heterocycles. The van der Waals surface area contributed by atoms with Crippen molar-refractivity contribution in [3.8, 4) is 5.75 Å². The first-order valence-corrected chi connectivity index (χ1v) is 6.17. The van der Waals surface area contributed by atoms with Crippen LogP contribution in [0.1, 0.15) is 24.0 Å². The van der Waals surface area contributed by atoms with Crippen LogP contribution >= 0.6 is 0 Å². The molecule has 0 bridgehead atoms. The number of anilines is 1. The predicted molar refractivity (Wildman–Crippen MR) is 66.9 cm³/mol. The average Bonchev–Trinajstić information content (AvgIpc) is 2.80. The summed E-state index contributed by atoms with van der Waals surface area (Å²) in [6.45, 7) is 2.25. The lowest BCUT2D eigenvalue weighted by Crippen LogP contribution is -2.20. The molecule has 0 spiro atoms. The molecule has 2 N–H and O–H groups in total. The third-order valence-corrected chi connectivity index (χ3v) is 3.32. The number of nitrogens with two attached hydrogens (primary N) is 1. The van der Waals surface area contributed by atoms with Crippen LogP contribution in [-0.2, 0) is 12.7 Å². The number of likely N-dealkylation sites (tertiary alicyclic amines) is 1. The zero-order chi connectivity index (χ0) is 14.0. The van der Waals surface area contributed by atoms with Gasteiger partial charge in [-0.1, -0.05) is 0 Å². The third-order valence-electron chi connectivity index (χ3n) is 3.32. The van der Waals surface area contributed by atoms with Crippen LogP contribution < -0.4 is 10.5 Å². The van der Waals surface area contributed by atoms with Gasteiger partial charge >= 0.3 is 6.18 Å². The van der Waals surface area contributed by atoms with Crippen molar-refractivity contribution in [3.05, 3.63) is 23.3 Å². The Morgan fingerprint density at radius 2 is 1.89 bits per heavy atom. The number of halogens is 3. The summed E-state index contributed by atoms with van der Waals surface area (Å²) in [6, 6.07) is 2.06. The largest absolute Gasteiger partial charge is 0.494 e. The first kappa shape index (κ1) is 14.0. The van der Waals surface area contributed by atoms with Gasteiger partial charge in [-0.25, -0.2) is 0 Å². The van der Waals surface area contributed by atoms with Crippen LogP contribution in [0.25, 0.3) is 0 Å². The van der Waals surface area contributed by atoms with Crippen molar-refractivity contribution in [3.63, 3.8) is 0 Å². The maximum Gasteiger partial charge on any atom is 0.416 e. The molecule has 0 amide bonds. The van der Waals surface area contributed by atoms with Crippen LogP contribution in [0.15, 0.2) is 12.1 Å². The van der Waals surface area contributed by atoms with E-state index in [1.165, 1.54) is 7.11 Å². The van der Waals surface area contributed by atoms with Crippen molar-refractivity contribution >= 4 is 5.69 Å². The van der Waals surface area contributed by atoms with E-state index >= 15 is 0 Å². The molecule has 1 heterocycles. The summed E-state index contributed by atoms with van der Waals surface area (Å²) in [6.07, 6.45) is -2.23. The van der Waals surface area contributed by atoms with Crippen LogP contribution in [0.2, 0.25) is 0 Å². The SMILES string of the molecule is COc1c(N)cc(C(F)(F)F)cc1CN1CCCC1. The molecule has 1 aromatic carbocycles. The summed E-state index contributed by atoms with van der Waals surface area (Å²) in [5.74, 6) is 0.347. The normalized spacial score (nSPS) is 16.8. The van der Waals surface area contributed by atoms with E-state index in [1.807, 2.05) is 0 Å². The Bertz CT molecular complexity index is 454. The minimum Gasteiger partial charge on any atom is -0.494 e. The molecule has 0 radical (unpaired) electrons. The Morgan fingerprint density at radius 3 is 2.42 bits per heavy atom. The summed E-state index contributed by atoms with van der Waals surface area (Å²) in [7, 11) is 1.42. The average molecular weight is 274 g/mol. The Hall–Kier alpha value is -1.43. The predicted octanol–water partition coefficient (Wildman–Crippen LogP) is 2.89. The number of hydrogen-bond acceptors (Lipinski definition) is 3. The standard InChI is InChI=1S/C13H17F3N2O/c1-19-12-9(8-18-4-2-3-5-18)6-10(7-11(12)17)13(14,15)16/h6-7H,2-5,8,17H2,1H3. The zero-order valence-corrected chi connectivity index (χ0v) is 10.8. The van der Waals surface area contributed by atoms with Gasteiger partial charge in [-0.15, -0.1) is 0 Å². The number of alkyl halides is 3. The van der Waals surface area contributed by atoms with Crippen molar-refractivity contribution in [2.75, 3.05) is 25.9 Å². The van der Waals surface area contributed by atoms with E-state index in [2.05, 4.69) is 4.90 Å². The van der Waals surface area contributed by atoms with Crippen molar-refractivity contribution < 1.29 is 17.9 Å². The lowest BCUT2D eigenvalue weighted by atomic mass is 10.1. The van der Waals surface area contributed by atoms with Crippen molar-refractivity contribution in [2.45, 2.75) is 25.6 Å². The first-order valence-electron chi connectivity index (χ1n) is 6.17. The number of nitrogen functional groups attached to an aromatic ring is 1. The van der Waals surface area contributed by atoms with E-state index < -0.39 is 11.7 Å². The number of rotatable bonds is 3.